The van der Waals surface area contributed by atoms with Gasteiger partial charge in [-0.1, -0.05) is 23.4 Å². The van der Waals surface area contributed by atoms with E-state index in [9.17, 15) is 5.11 Å². The van der Waals surface area contributed by atoms with Crippen LogP contribution in [0.1, 0.15) is 24.1 Å². The molecule has 0 bridgehead atoms. The third-order valence-corrected chi connectivity index (χ3v) is 4.88. The SMILES string of the molecule is O[C@@H]1C[C@@H](c2nc(-c3ccncc3)no2)N(Cc2cc3ccccc3o2)C1. The molecule has 0 saturated carbocycles. The lowest BCUT2D eigenvalue weighted by molar-refractivity contribution is 0.164. The van der Waals surface area contributed by atoms with Crippen molar-refractivity contribution >= 4 is 11.0 Å². The fraction of sp³-hybridized carbons (Fsp3) is 0.250. The predicted octanol–water partition coefficient (Wildman–Crippen LogP) is 3.19. The Labute approximate surface area is 155 Å². The highest BCUT2D eigenvalue weighted by Crippen LogP contribution is 2.34. The fourth-order valence-electron chi connectivity index (χ4n) is 3.61. The van der Waals surface area contributed by atoms with E-state index >= 15 is 0 Å². The van der Waals surface area contributed by atoms with Gasteiger partial charge < -0.3 is 14.0 Å². The Morgan fingerprint density at radius 3 is 2.85 bits per heavy atom. The van der Waals surface area contributed by atoms with Gasteiger partial charge in [0.1, 0.15) is 11.3 Å². The molecule has 7 nitrogen and oxygen atoms in total. The van der Waals surface area contributed by atoms with Crippen molar-refractivity contribution in [1.82, 2.24) is 20.0 Å². The van der Waals surface area contributed by atoms with Crippen molar-refractivity contribution < 1.29 is 14.0 Å². The molecule has 3 aromatic heterocycles. The number of rotatable bonds is 4. The van der Waals surface area contributed by atoms with Gasteiger partial charge in [0.05, 0.1) is 18.7 Å². The van der Waals surface area contributed by atoms with E-state index in [-0.39, 0.29) is 6.04 Å². The van der Waals surface area contributed by atoms with Gasteiger partial charge in [-0.25, -0.2) is 0 Å². The number of aromatic nitrogens is 3. The van der Waals surface area contributed by atoms with Crippen LogP contribution in [0.25, 0.3) is 22.4 Å². The van der Waals surface area contributed by atoms with Crippen molar-refractivity contribution in [2.75, 3.05) is 6.54 Å². The van der Waals surface area contributed by atoms with Crippen molar-refractivity contribution in [1.29, 1.82) is 0 Å². The second-order valence-electron chi connectivity index (χ2n) is 6.78. The summed E-state index contributed by atoms with van der Waals surface area (Å²) in [7, 11) is 0. The maximum Gasteiger partial charge on any atom is 0.244 e. The first kappa shape index (κ1) is 16.2. The first-order valence-corrected chi connectivity index (χ1v) is 8.90. The van der Waals surface area contributed by atoms with Crippen LogP contribution in [-0.2, 0) is 6.54 Å². The second-order valence-corrected chi connectivity index (χ2v) is 6.78. The van der Waals surface area contributed by atoms with Crippen molar-refractivity contribution in [3.8, 4) is 11.4 Å². The number of aliphatic hydroxyl groups is 1. The molecule has 1 aromatic carbocycles. The van der Waals surface area contributed by atoms with Crippen LogP contribution in [0.5, 0.6) is 0 Å². The number of fused-ring (bicyclic) bond motifs is 1. The number of hydrogen-bond acceptors (Lipinski definition) is 7. The molecule has 136 valence electrons. The molecular weight excluding hydrogens is 344 g/mol. The zero-order chi connectivity index (χ0) is 18.2. The summed E-state index contributed by atoms with van der Waals surface area (Å²) < 4.78 is 11.4. The number of likely N-dealkylation sites (tertiary alicyclic amines) is 1. The van der Waals surface area contributed by atoms with E-state index in [1.54, 1.807) is 12.4 Å². The Kier molecular flexibility index (Phi) is 3.95. The van der Waals surface area contributed by atoms with E-state index in [0.717, 1.165) is 22.3 Å². The lowest BCUT2D eigenvalue weighted by Gasteiger charge is -2.19. The maximum atomic E-state index is 10.2. The summed E-state index contributed by atoms with van der Waals surface area (Å²) in [6.07, 6.45) is 3.51. The molecule has 4 aromatic rings. The number of furan rings is 1. The highest BCUT2D eigenvalue weighted by molar-refractivity contribution is 5.77. The van der Waals surface area contributed by atoms with Crippen LogP contribution in [0.15, 0.2) is 63.8 Å². The Hall–Kier alpha value is -3.03. The van der Waals surface area contributed by atoms with Crippen LogP contribution < -0.4 is 0 Å². The third kappa shape index (κ3) is 3.11. The lowest BCUT2D eigenvalue weighted by Crippen LogP contribution is -2.24. The number of para-hydroxylation sites is 1. The zero-order valence-corrected chi connectivity index (χ0v) is 14.5. The molecule has 1 aliphatic rings. The van der Waals surface area contributed by atoms with E-state index < -0.39 is 6.10 Å². The Bertz CT molecular complexity index is 1030. The monoisotopic (exact) mass is 362 g/mol. The van der Waals surface area contributed by atoms with E-state index in [1.165, 1.54) is 0 Å². The molecule has 27 heavy (non-hydrogen) atoms. The Morgan fingerprint density at radius 1 is 1.15 bits per heavy atom. The molecule has 1 saturated heterocycles. The molecule has 0 amide bonds. The normalized spacial score (nSPS) is 20.5. The molecule has 0 radical (unpaired) electrons. The topological polar surface area (TPSA) is 88.4 Å². The van der Waals surface area contributed by atoms with Crippen molar-refractivity contribution in [3.63, 3.8) is 0 Å². The molecule has 1 aliphatic heterocycles. The standard InChI is InChI=1S/C20H18N4O3/c25-15-10-17(20-22-19(23-27-20)13-5-7-21-8-6-13)24(11-15)12-16-9-14-3-1-2-4-18(14)26-16/h1-9,15,17,25H,10-12H2/t15-,17+/m1/s1. The molecule has 1 N–H and O–H groups in total. The van der Waals surface area contributed by atoms with Gasteiger partial charge in [0.15, 0.2) is 0 Å². The van der Waals surface area contributed by atoms with E-state index in [2.05, 4.69) is 20.0 Å². The van der Waals surface area contributed by atoms with Gasteiger partial charge in [0.2, 0.25) is 11.7 Å². The van der Waals surface area contributed by atoms with Crippen LogP contribution in [0, 0.1) is 0 Å². The van der Waals surface area contributed by atoms with Crippen molar-refractivity contribution in [3.05, 3.63) is 66.5 Å². The number of pyridine rings is 1. The number of β-amino-alcohol motifs (C(OH)–C–C–N with tert-alkyl or cyclic N) is 1. The zero-order valence-electron chi connectivity index (χ0n) is 14.5. The molecule has 1 fully saturated rings. The first-order chi connectivity index (χ1) is 13.3. The van der Waals surface area contributed by atoms with Gasteiger partial charge in [-0.3, -0.25) is 9.88 Å². The van der Waals surface area contributed by atoms with Gasteiger partial charge in [-0.05, 0) is 30.7 Å². The summed E-state index contributed by atoms with van der Waals surface area (Å²) in [5.41, 5.74) is 1.71. The number of aliphatic hydroxyl groups excluding tert-OH is 1. The summed E-state index contributed by atoms with van der Waals surface area (Å²) in [5.74, 6) is 1.89. The Balaban J connectivity index is 1.40. The number of hydrogen-bond donors (Lipinski definition) is 1. The lowest BCUT2D eigenvalue weighted by atomic mass is 10.2. The van der Waals surface area contributed by atoms with Gasteiger partial charge in [-0.2, -0.15) is 4.98 Å². The number of benzene rings is 1. The molecular formula is C20H18N4O3. The minimum atomic E-state index is -0.435. The van der Waals surface area contributed by atoms with E-state index in [4.69, 9.17) is 8.94 Å². The van der Waals surface area contributed by atoms with Crippen LogP contribution in [0.4, 0.5) is 0 Å². The summed E-state index contributed by atoms with van der Waals surface area (Å²) in [6, 6.07) is 13.5. The molecule has 0 spiro atoms. The van der Waals surface area contributed by atoms with E-state index in [0.29, 0.717) is 31.2 Å². The van der Waals surface area contributed by atoms with Gasteiger partial charge in [-0.15, -0.1) is 0 Å². The smallest absolute Gasteiger partial charge is 0.244 e. The quantitative estimate of drug-likeness (QED) is 0.596. The van der Waals surface area contributed by atoms with Gasteiger partial charge >= 0.3 is 0 Å². The minimum Gasteiger partial charge on any atom is -0.460 e. The molecule has 4 heterocycles. The van der Waals surface area contributed by atoms with Gasteiger partial charge in [0, 0.05) is 29.9 Å². The number of nitrogens with zero attached hydrogens (tertiary/aromatic N) is 4. The van der Waals surface area contributed by atoms with Crippen molar-refractivity contribution in [2.45, 2.75) is 25.1 Å². The molecule has 5 rings (SSSR count). The van der Waals surface area contributed by atoms with Gasteiger partial charge in [0.25, 0.3) is 0 Å². The summed E-state index contributed by atoms with van der Waals surface area (Å²) >= 11 is 0. The van der Waals surface area contributed by atoms with Crippen molar-refractivity contribution in [2.24, 2.45) is 0 Å². The summed E-state index contributed by atoms with van der Waals surface area (Å²) in [4.78, 5) is 10.7. The Morgan fingerprint density at radius 2 is 2.00 bits per heavy atom. The minimum absolute atomic E-state index is 0.142. The molecule has 2 atom stereocenters. The highest BCUT2D eigenvalue weighted by Gasteiger charge is 2.36. The molecule has 0 aliphatic carbocycles. The fourth-order valence-corrected chi connectivity index (χ4v) is 3.61. The molecule has 7 heteroatoms. The first-order valence-electron chi connectivity index (χ1n) is 8.90. The van der Waals surface area contributed by atoms with E-state index in [1.807, 2.05) is 42.5 Å². The van der Waals surface area contributed by atoms with Crippen LogP contribution in [-0.4, -0.2) is 37.8 Å². The summed E-state index contributed by atoms with van der Waals surface area (Å²) in [6.45, 7) is 1.11. The van der Waals surface area contributed by atoms with Crippen LogP contribution in [0.3, 0.4) is 0 Å². The second kappa shape index (κ2) is 6.61. The molecule has 0 unspecified atom stereocenters. The average molecular weight is 362 g/mol. The largest absolute Gasteiger partial charge is 0.460 e. The van der Waals surface area contributed by atoms with Crippen LogP contribution >= 0.6 is 0 Å². The van der Waals surface area contributed by atoms with Crippen LogP contribution in [0.2, 0.25) is 0 Å². The maximum absolute atomic E-state index is 10.2. The highest BCUT2D eigenvalue weighted by atomic mass is 16.5. The summed E-state index contributed by atoms with van der Waals surface area (Å²) in [5, 5.41) is 15.4. The third-order valence-electron chi connectivity index (χ3n) is 4.88. The average Bonchev–Trinajstić information content (AvgIpc) is 3.40. The predicted molar refractivity (Wildman–Crippen MR) is 97.5 cm³/mol.